The fourth-order valence-electron chi connectivity index (χ4n) is 2.43. The molecule has 0 aliphatic carbocycles. The van der Waals surface area contributed by atoms with E-state index in [4.69, 9.17) is 26.4 Å². The van der Waals surface area contributed by atoms with Gasteiger partial charge in [-0.3, -0.25) is 14.9 Å². The molecule has 3 N–H and O–H groups in total. The number of rotatable bonds is 6. The van der Waals surface area contributed by atoms with Crippen LogP contribution < -0.4 is 30.2 Å². The van der Waals surface area contributed by atoms with Crippen LogP contribution in [-0.4, -0.2) is 38.3 Å². The summed E-state index contributed by atoms with van der Waals surface area (Å²) in [5, 5.41) is 8.25. The van der Waals surface area contributed by atoms with Gasteiger partial charge in [0.05, 0.1) is 21.3 Å². The summed E-state index contributed by atoms with van der Waals surface area (Å²) in [5.74, 6) is 0.463. The lowest BCUT2D eigenvalue weighted by atomic mass is 10.1. The number of thiocarbonyl (C=S) groups is 1. The Morgan fingerprint density at radius 1 is 0.893 bits per heavy atom. The summed E-state index contributed by atoms with van der Waals surface area (Å²) in [5.41, 5.74) is 1.50. The fourth-order valence-corrected chi connectivity index (χ4v) is 2.64. The molecule has 2 amide bonds. The summed E-state index contributed by atoms with van der Waals surface area (Å²) in [6.45, 7) is 1.42. The molecule has 0 unspecified atom stereocenters. The third-order valence-corrected chi connectivity index (χ3v) is 3.80. The standard InChI is InChI=1S/C19H21N3O5S/c1-11(23)20-13-6-5-7-14(10-13)21-19(28)22-18(24)12-8-15(25-2)17(27-4)16(9-12)26-3/h5-10H,1-4H3,(H,20,23)(H2,21,22,24,28). The summed E-state index contributed by atoms with van der Waals surface area (Å²) >= 11 is 5.20. The molecule has 0 saturated heterocycles. The highest BCUT2D eigenvalue weighted by Gasteiger charge is 2.17. The minimum absolute atomic E-state index is 0.0960. The van der Waals surface area contributed by atoms with E-state index in [1.54, 1.807) is 24.3 Å². The van der Waals surface area contributed by atoms with Crippen molar-refractivity contribution in [2.45, 2.75) is 6.92 Å². The molecule has 28 heavy (non-hydrogen) atoms. The van der Waals surface area contributed by atoms with Gasteiger partial charge in [-0.1, -0.05) is 6.07 Å². The number of hydrogen-bond donors (Lipinski definition) is 3. The predicted molar refractivity (Wildman–Crippen MR) is 111 cm³/mol. The van der Waals surface area contributed by atoms with Crippen molar-refractivity contribution in [3.8, 4) is 17.2 Å². The zero-order valence-corrected chi connectivity index (χ0v) is 16.7. The first-order valence-electron chi connectivity index (χ1n) is 8.18. The third kappa shape index (κ3) is 5.34. The molecular weight excluding hydrogens is 382 g/mol. The van der Waals surface area contributed by atoms with E-state index in [-0.39, 0.29) is 16.6 Å². The summed E-state index contributed by atoms with van der Waals surface area (Å²) in [4.78, 5) is 23.7. The highest BCUT2D eigenvalue weighted by Crippen LogP contribution is 2.38. The van der Waals surface area contributed by atoms with E-state index < -0.39 is 5.91 Å². The first-order chi connectivity index (χ1) is 13.4. The maximum Gasteiger partial charge on any atom is 0.257 e. The number of carbonyl (C=O) groups excluding carboxylic acids is 2. The predicted octanol–water partition coefficient (Wildman–Crippen LogP) is 2.80. The Balaban J connectivity index is 2.12. The molecule has 0 aliphatic rings. The van der Waals surface area contributed by atoms with E-state index >= 15 is 0 Å². The zero-order valence-electron chi connectivity index (χ0n) is 15.9. The van der Waals surface area contributed by atoms with Crippen molar-refractivity contribution in [2.24, 2.45) is 0 Å². The molecule has 2 rings (SSSR count). The Bertz CT molecular complexity index is 876. The quantitative estimate of drug-likeness (QED) is 0.638. The monoisotopic (exact) mass is 403 g/mol. The van der Waals surface area contributed by atoms with Crippen LogP contribution in [0.2, 0.25) is 0 Å². The number of benzene rings is 2. The van der Waals surface area contributed by atoms with Crippen LogP contribution in [0, 0.1) is 0 Å². The average Bonchev–Trinajstić information content (AvgIpc) is 2.66. The van der Waals surface area contributed by atoms with Crippen LogP contribution in [0.5, 0.6) is 17.2 Å². The van der Waals surface area contributed by atoms with Gasteiger partial charge in [-0.15, -0.1) is 0 Å². The largest absolute Gasteiger partial charge is 0.493 e. The maximum absolute atomic E-state index is 12.5. The molecule has 0 aromatic heterocycles. The molecule has 0 bridgehead atoms. The molecule has 2 aromatic rings. The minimum atomic E-state index is -0.449. The second-order valence-corrected chi connectivity index (χ2v) is 5.99. The highest BCUT2D eigenvalue weighted by atomic mass is 32.1. The SMILES string of the molecule is COc1cc(C(=O)NC(=S)Nc2cccc(NC(C)=O)c2)cc(OC)c1OC. The number of ether oxygens (including phenoxy) is 3. The van der Waals surface area contributed by atoms with E-state index in [2.05, 4.69) is 16.0 Å². The summed E-state index contributed by atoms with van der Waals surface area (Å²) < 4.78 is 15.7. The normalized spacial score (nSPS) is 9.86. The van der Waals surface area contributed by atoms with Gasteiger partial charge in [0.25, 0.3) is 5.91 Å². The van der Waals surface area contributed by atoms with Crippen LogP contribution in [0.3, 0.4) is 0 Å². The van der Waals surface area contributed by atoms with Crippen LogP contribution in [-0.2, 0) is 4.79 Å². The summed E-state index contributed by atoms with van der Waals surface area (Å²) in [7, 11) is 4.41. The van der Waals surface area contributed by atoms with Crippen molar-refractivity contribution in [3.63, 3.8) is 0 Å². The van der Waals surface area contributed by atoms with Crippen LogP contribution in [0.15, 0.2) is 36.4 Å². The molecule has 0 saturated carbocycles. The maximum atomic E-state index is 12.5. The summed E-state index contributed by atoms with van der Waals surface area (Å²) in [6, 6.07) is 9.98. The van der Waals surface area contributed by atoms with Crippen molar-refractivity contribution < 1.29 is 23.8 Å². The topological polar surface area (TPSA) is 97.9 Å². The van der Waals surface area contributed by atoms with E-state index in [9.17, 15) is 9.59 Å². The van der Waals surface area contributed by atoms with Crippen LogP contribution >= 0.6 is 12.2 Å². The Labute approximate surface area is 168 Å². The van der Waals surface area contributed by atoms with E-state index in [1.165, 1.54) is 40.4 Å². The van der Waals surface area contributed by atoms with Gasteiger partial charge in [0, 0.05) is 23.9 Å². The highest BCUT2D eigenvalue weighted by molar-refractivity contribution is 7.80. The van der Waals surface area contributed by atoms with Crippen molar-refractivity contribution >= 4 is 40.5 Å². The van der Waals surface area contributed by atoms with Gasteiger partial charge in [0.15, 0.2) is 16.6 Å². The van der Waals surface area contributed by atoms with E-state index in [0.717, 1.165) is 0 Å². The lowest BCUT2D eigenvalue weighted by Crippen LogP contribution is -2.34. The summed E-state index contributed by atoms with van der Waals surface area (Å²) in [6.07, 6.45) is 0. The minimum Gasteiger partial charge on any atom is -0.493 e. The fraction of sp³-hybridized carbons (Fsp3) is 0.211. The number of carbonyl (C=O) groups is 2. The molecular formula is C19H21N3O5S. The van der Waals surface area contributed by atoms with Gasteiger partial charge in [-0.2, -0.15) is 0 Å². The van der Waals surface area contributed by atoms with Crippen molar-refractivity contribution in [1.29, 1.82) is 0 Å². The van der Waals surface area contributed by atoms with Gasteiger partial charge < -0.3 is 24.8 Å². The number of anilines is 2. The van der Waals surface area contributed by atoms with Crippen molar-refractivity contribution in [2.75, 3.05) is 32.0 Å². The van der Waals surface area contributed by atoms with Gasteiger partial charge in [-0.25, -0.2) is 0 Å². The van der Waals surface area contributed by atoms with Gasteiger partial charge in [-0.05, 0) is 42.5 Å². The lowest BCUT2D eigenvalue weighted by molar-refractivity contribution is -0.114. The Morgan fingerprint density at radius 3 is 1.96 bits per heavy atom. The number of nitrogens with one attached hydrogen (secondary N) is 3. The van der Waals surface area contributed by atoms with Crippen molar-refractivity contribution in [3.05, 3.63) is 42.0 Å². The van der Waals surface area contributed by atoms with E-state index in [1.807, 2.05) is 0 Å². The number of amides is 2. The second kappa shape index (κ2) is 9.56. The van der Waals surface area contributed by atoms with Gasteiger partial charge in [0.2, 0.25) is 11.7 Å². The number of hydrogen-bond acceptors (Lipinski definition) is 6. The molecule has 0 atom stereocenters. The molecule has 8 nitrogen and oxygen atoms in total. The lowest BCUT2D eigenvalue weighted by Gasteiger charge is -2.15. The molecule has 0 spiro atoms. The second-order valence-electron chi connectivity index (χ2n) is 5.58. The molecule has 0 aliphatic heterocycles. The molecule has 2 aromatic carbocycles. The van der Waals surface area contributed by atoms with Gasteiger partial charge >= 0.3 is 0 Å². The first-order valence-corrected chi connectivity index (χ1v) is 8.58. The Morgan fingerprint density at radius 2 is 1.46 bits per heavy atom. The van der Waals surface area contributed by atoms with Crippen LogP contribution in [0.25, 0.3) is 0 Å². The zero-order chi connectivity index (χ0) is 20.7. The molecule has 148 valence electrons. The Hall–Kier alpha value is -3.33. The molecule has 0 heterocycles. The molecule has 0 radical (unpaired) electrons. The van der Waals surface area contributed by atoms with Crippen LogP contribution in [0.1, 0.15) is 17.3 Å². The van der Waals surface area contributed by atoms with Crippen LogP contribution in [0.4, 0.5) is 11.4 Å². The van der Waals surface area contributed by atoms with Crippen molar-refractivity contribution in [1.82, 2.24) is 5.32 Å². The first kappa shape index (κ1) is 21.0. The average molecular weight is 403 g/mol. The molecule has 0 fully saturated rings. The number of methoxy groups -OCH3 is 3. The third-order valence-electron chi connectivity index (χ3n) is 3.59. The van der Waals surface area contributed by atoms with Gasteiger partial charge in [0.1, 0.15) is 0 Å². The van der Waals surface area contributed by atoms with E-state index in [0.29, 0.717) is 28.6 Å². The Kier molecular flexibility index (Phi) is 7.16. The smallest absolute Gasteiger partial charge is 0.257 e. The molecule has 9 heteroatoms.